The number of ether oxygens (including phenoxy) is 3. The second-order valence-corrected chi connectivity index (χ2v) is 7.14. The van der Waals surface area contributed by atoms with E-state index in [0.29, 0.717) is 12.4 Å². The number of carbonyl (C=O) groups excluding carboxylic acids is 1. The third kappa shape index (κ3) is 9.59. The minimum atomic E-state index is -0.662. The largest absolute Gasteiger partial charge is 0.513 e. The number of nitrogens with zero attached hydrogens (tertiary/aromatic N) is 1. The van der Waals surface area contributed by atoms with Crippen LogP contribution in [0.5, 0.6) is 11.5 Å². The van der Waals surface area contributed by atoms with Gasteiger partial charge in [-0.3, -0.25) is 4.99 Å². The van der Waals surface area contributed by atoms with Crippen LogP contribution < -0.4 is 9.47 Å². The highest BCUT2D eigenvalue weighted by molar-refractivity contribution is 5.82. The molecule has 0 radical (unpaired) electrons. The van der Waals surface area contributed by atoms with Crippen molar-refractivity contribution in [3.8, 4) is 11.5 Å². The maximum absolute atomic E-state index is 11.7. The molecule has 0 saturated heterocycles. The molecule has 0 amide bonds. The molecular weight excluding hydrogens is 378 g/mol. The minimum Gasteiger partial charge on any atom is -0.494 e. The lowest BCUT2D eigenvalue weighted by molar-refractivity contribution is 0.0973. The van der Waals surface area contributed by atoms with Gasteiger partial charge in [0.05, 0.1) is 18.9 Å². The Hall–Kier alpha value is -2.82. The summed E-state index contributed by atoms with van der Waals surface area (Å²) in [6.07, 6.45) is 8.79. The Morgan fingerprint density at radius 3 is 2.13 bits per heavy atom. The highest BCUT2D eigenvalue weighted by atomic mass is 16.7. The number of carbonyl (C=O) groups is 1. The molecule has 2 aromatic rings. The van der Waals surface area contributed by atoms with Gasteiger partial charge in [0.25, 0.3) is 0 Å². The molecular formula is C25H33NO4. The molecule has 2 aromatic carbocycles. The summed E-state index contributed by atoms with van der Waals surface area (Å²) in [5.41, 5.74) is 1.76. The van der Waals surface area contributed by atoms with Crippen molar-refractivity contribution < 1.29 is 19.0 Å². The first-order valence-corrected chi connectivity index (χ1v) is 10.9. The first-order chi connectivity index (χ1) is 14.7. The van der Waals surface area contributed by atoms with Crippen molar-refractivity contribution >= 4 is 18.1 Å². The Bertz CT molecular complexity index is 754. The molecule has 0 aromatic heterocycles. The van der Waals surface area contributed by atoms with Gasteiger partial charge in [-0.1, -0.05) is 46.0 Å². The fourth-order valence-corrected chi connectivity index (χ4v) is 2.75. The molecule has 0 saturated carbocycles. The van der Waals surface area contributed by atoms with E-state index in [9.17, 15) is 4.79 Å². The predicted octanol–water partition coefficient (Wildman–Crippen LogP) is 7.10. The Balaban J connectivity index is 1.75. The van der Waals surface area contributed by atoms with Crippen molar-refractivity contribution in [2.75, 3.05) is 13.2 Å². The molecule has 0 unspecified atom stereocenters. The zero-order valence-electron chi connectivity index (χ0n) is 18.1. The molecule has 0 N–H and O–H groups in total. The summed E-state index contributed by atoms with van der Waals surface area (Å²) >= 11 is 0. The summed E-state index contributed by atoms with van der Waals surface area (Å²) < 4.78 is 16.0. The Morgan fingerprint density at radius 2 is 1.43 bits per heavy atom. The van der Waals surface area contributed by atoms with Crippen LogP contribution in [0.25, 0.3) is 0 Å². The lowest BCUT2D eigenvalue weighted by atomic mass is 10.2. The Morgan fingerprint density at radius 1 is 0.800 bits per heavy atom. The molecule has 0 spiro atoms. The van der Waals surface area contributed by atoms with Crippen LogP contribution in [0.1, 0.15) is 64.4 Å². The van der Waals surface area contributed by atoms with Gasteiger partial charge in [0.15, 0.2) is 0 Å². The van der Waals surface area contributed by atoms with Crippen molar-refractivity contribution in [3.63, 3.8) is 0 Å². The maximum atomic E-state index is 11.7. The number of aliphatic imine (C=N–C) groups is 1. The zero-order chi connectivity index (χ0) is 21.4. The van der Waals surface area contributed by atoms with Crippen molar-refractivity contribution in [1.82, 2.24) is 0 Å². The lowest BCUT2D eigenvalue weighted by Crippen LogP contribution is -2.11. The summed E-state index contributed by atoms with van der Waals surface area (Å²) in [6, 6.07) is 14.9. The highest BCUT2D eigenvalue weighted by Crippen LogP contribution is 2.19. The topological polar surface area (TPSA) is 57.1 Å². The van der Waals surface area contributed by atoms with E-state index in [2.05, 4.69) is 18.8 Å². The van der Waals surface area contributed by atoms with Crippen molar-refractivity contribution in [3.05, 3.63) is 54.1 Å². The van der Waals surface area contributed by atoms with Gasteiger partial charge in [-0.05, 0) is 66.9 Å². The second kappa shape index (κ2) is 14.2. The standard InChI is InChI=1S/C25H33NO4/c1-3-5-7-9-19-29-25(27)30-24-14-10-21(11-15-24)20-26-22-12-16-23(17-13-22)28-18-8-6-4-2/h10-17,20H,3-9,18-19H2,1-2H3. The van der Waals surface area contributed by atoms with E-state index >= 15 is 0 Å². The van der Waals surface area contributed by atoms with E-state index in [-0.39, 0.29) is 0 Å². The average molecular weight is 412 g/mol. The summed E-state index contributed by atoms with van der Waals surface area (Å²) in [4.78, 5) is 16.2. The summed E-state index contributed by atoms with van der Waals surface area (Å²) in [6.45, 7) is 5.46. The second-order valence-electron chi connectivity index (χ2n) is 7.14. The first kappa shape index (κ1) is 23.5. The molecule has 30 heavy (non-hydrogen) atoms. The Kier molecular flexibility index (Phi) is 11.1. The average Bonchev–Trinajstić information content (AvgIpc) is 2.77. The number of hydrogen-bond donors (Lipinski definition) is 0. The van der Waals surface area contributed by atoms with E-state index < -0.39 is 6.16 Å². The molecule has 0 bridgehead atoms. The first-order valence-electron chi connectivity index (χ1n) is 10.9. The molecule has 0 aliphatic rings. The van der Waals surface area contributed by atoms with Gasteiger partial charge in [0, 0.05) is 6.21 Å². The normalized spacial score (nSPS) is 10.9. The molecule has 162 valence electrons. The lowest BCUT2D eigenvalue weighted by Gasteiger charge is -2.06. The molecule has 2 rings (SSSR count). The van der Waals surface area contributed by atoms with Crippen LogP contribution in [0.2, 0.25) is 0 Å². The van der Waals surface area contributed by atoms with Crippen LogP contribution in [0.4, 0.5) is 10.5 Å². The van der Waals surface area contributed by atoms with Crippen LogP contribution in [0.3, 0.4) is 0 Å². The highest BCUT2D eigenvalue weighted by Gasteiger charge is 2.05. The van der Waals surface area contributed by atoms with Crippen molar-refractivity contribution in [2.24, 2.45) is 4.99 Å². The molecule has 0 aliphatic carbocycles. The SMILES string of the molecule is CCCCCCOC(=O)Oc1ccc(C=Nc2ccc(OCCCCC)cc2)cc1. The van der Waals surface area contributed by atoms with E-state index in [0.717, 1.165) is 55.7 Å². The summed E-state index contributed by atoms with van der Waals surface area (Å²) in [7, 11) is 0. The van der Waals surface area contributed by atoms with Crippen LogP contribution in [0, 0.1) is 0 Å². The van der Waals surface area contributed by atoms with Crippen LogP contribution in [0.15, 0.2) is 53.5 Å². The van der Waals surface area contributed by atoms with Crippen LogP contribution in [-0.4, -0.2) is 25.6 Å². The molecule has 5 heteroatoms. The Labute approximate surface area is 180 Å². The van der Waals surface area contributed by atoms with E-state index in [4.69, 9.17) is 14.2 Å². The third-order valence-electron chi connectivity index (χ3n) is 4.52. The number of rotatable bonds is 13. The molecule has 0 atom stereocenters. The molecule has 0 fully saturated rings. The zero-order valence-corrected chi connectivity index (χ0v) is 18.1. The van der Waals surface area contributed by atoms with E-state index in [1.54, 1.807) is 18.3 Å². The third-order valence-corrected chi connectivity index (χ3v) is 4.52. The van der Waals surface area contributed by atoms with Gasteiger partial charge in [-0.25, -0.2) is 4.79 Å². The maximum Gasteiger partial charge on any atom is 0.513 e. The molecule has 5 nitrogen and oxygen atoms in total. The number of benzene rings is 2. The number of hydrogen-bond acceptors (Lipinski definition) is 5. The van der Waals surface area contributed by atoms with Crippen molar-refractivity contribution in [1.29, 1.82) is 0 Å². The molecule has 0 heterocycles. The van der Waals surface area contributed by atoms with Gasteiger partial charge < -0.3 is 14.2 Å². The van der Waals surface area contributed by atoms with E-state index in [1.807, 2.05) is 36.4 Å². The smallest absolute Gasteiger partial charge is 0.494 e. The predicted molar refractivity (Wildman–Crippen MR) is 121 cm³/mol. The van der Waals surface area contributed by atoms with Gasteiger partial charge in [-0.2, -0.15) is 0 Å². The monoisotopic (exact) mass is 411 g/mol. The van der Waals surface area contributed by atoms with Crippen molar-refractivity contribution in [2.45, 2.75) is 58.8 Å². The molecule has 0 aliphatic heterocycles. The van der Waals surface area contributed by atoms with Gasteiger partial charge in [0.1, 0.15) is 11.5 Å². The van der Waals surface area contributed by atoms with Crippen LogP contribution >= 0.6 is 0 Å². The summed E-state index contributed by atoms with van der Waals surface area (Å²) in [5, 5.41) is 0. The quantitative estimate of drug-likeness (QED) is 0.153. The minimum absolute atomic E-state index is 0.395. The summed E-state index contributed by atoms with van der Waals surface area (Å²) in [5.74, 6) is 1.32. The van der Waals surface area contributed by atoms with Gasteiger partial charge in [-0.15, -0.1) is 0 Å². The van der Waals surface area contributed by atoms with E-state index in [1.165, 1.54) is 12.8 Å². The fourth-order valence-electron chi connectivity index (χ4n) is 2.75. The van der Waals surface area contributed by atoms with Gasteiger partial charge >= 0.3 is 6.16 Å². The van der Waals surface area contributed by atoms with Gasteiger partial charge in [0.2, 0.25) is 0 Å². The van der Waals surface area contributed by atoms with Crippen LogP contribution in [-0.2, 0) is 4.74 Å². The number of unbranched alkanes of at least 4 members (excludes halogenated alkanes) is 5. The fraction of sp³-hybridized carbons (Fsp3) is 0.440.